The highest BCUT2D eigenvalue weighted by Crippen LogP contribution is 2.09. The number of aromatic amines is 1. The summed E-state index contributed by atoms with van der Waals surface area (Å²) in [7, 11) is 0. The first-order valence-electron chi connectivity index (χ1n) is 6.33. The van der Waals surface area contributed by atoms with Crippen LogP contribution in [0.5, 0.6) is 0 Å². The second-order valence-electron chi connectivity index (χ2n) is 4.43. The molecule has 0 radical (unpaired) electrons. The zero-order valence-corrected chi connectivity index (χ0v) is 10.8. The number of rotatable bonds is 4. The molecule has 5 heteroatoms. The minimum absolute atomic E-state index is 0.118. The lowest BCUT2D eigenvalue weighted by Crippen LogP contribution is -2.21. The van der Waals surface area contributed by atoms with E-state index in [0.717, 1.165) is 11.3 Å². The summed E-state index contributed by atoms with van der Waals surface area (Å²) in [5, 5.41) is 0.603. The van der Waals surface area contributed by atoms with Crippen molar-refractivity contribution in [3.05, 3.63) is 70.8 Å². The fourth-order valence-corrected chi connectivity index (χ4v) is 2.00. The van der Waals surface area contributed by atoms with Gasteiger partial charge in [-0.2, -0.15) is 0 Å². The molecule has 20 heavy (non-hydrogen) atoms. The molecule has 0 fully saturated rings. The molecule has 3 N–H and O–H groups in total. The predicted octanol–water partition coefficient (Wildman–Crippen LogP) is 2.04. The van der Waals surface area contributed by atoms with Gasteiger partial charge < -0.3 is 10.4 Å². The molecule has 0 amide bonds. The zero-order valence-electron chi connectivity index (χ0n) is 10.8. The van der Waals surface area contributed by atoms with E-state index in [4.69, 9.17) is 0 Å². The molecule has 0 saturated carbocycles. The second-order valence-corrected chi connectivity index (χ2v) is 4.43. The van der Waals surface area contributed by atoms with Crippen LogP contribution in [0.3, 0.4) is 0 Å². The average molecular weight is 266 g/mol. The van der Waals surface area contributed by atoms with Crippen LogP contribution in [-0.2, 0) is 6.54 Å². The number of aromatic nitrogens is 2. The summed E-state index contributed by atoms with van der Waals surface area (Å²) < 4.78 is 0. The molecule has 1 heterocycles. The molecule has 3 aromatic rings. The minimum atomic E-state index is -0.118. The molecule has 0 unspecified atom stereocenters. The molecule has 100 valence electrons. The van der Waals surface area contributed by atoms with E-state index in [-0.39, 0.29) is 5.56 Å². The molecule has 3 rings (SSSR count). The SMILES string of the molecule is O=c1[nH]cnc2ccc(CNNc3ccccc3)cc12. The van der Waals surface area contributed by atoms with Crippen molar-refractivity contribution in [1.82, 2.24) is 15.4 Å². The van der Waals surface area contributed by atoms with Gasteiger partial charge in [0.1, 0.15) is 0 Å². The van der Waals surface area contributed by atoms with Gasteiger partial charge in [-0.1, -0.05) is 24.3 Å². The summed E-state index contributed by atoms with van der Waals surface area (Å²) >= 11 is 0. The summed E-state index contributed by atoms with van der Waals surface area (Å²) in [6.07, 6.45) is 1.42. The van der Waals surface area contributed by atoms with Crippen LogP contribution in [0, 0.1) is 0 Å². The largest absolute Gasteiger partial charge is 0.321 e. The Morgan fingerprint density at radius 1 is 1.10 bits per heavy atom. The summed E-state index contributed by atoms with van der Waals surface area (Å²) in [5.41, 5.74) is 8.82. The lowest BCUT2D eigenvalue weighted by atomic mass is 10.1. The number of para-hydroxylation sites is 1. The van der Waals surface area contributed by atoms with Crippen LogP contribution in [0.2, 0.25) is 0 Å². The fourth-order valence-electron chi connectivity index (χ4n) is 2.00. The van der Waals surface area contributed by atoms with Gasteiger partial charge in [0.05, 0.1) is 17.2 Å². The number of benzene rings is 2. The Balaban J connectivity index is 1.72. The Hall–Kier alpha value is -2.66. The number of hydrogen-bond donors (Lipinski definition) is 3. The van der Waals surface area contributed by atoms with Gasteiger partial charge in [-0.25, -0.2) is 10.4 Å². The van der Waals surface area contributed by atoms with Gasteiger partial charge in [0, 0.05) is 12.2 Å². The molecule has 0 aliphatic heterocycles. The summed E-state index contributed by atoms with van der Waals surface area (Å²) in [4.78, 5) is 18.4. The Morgan fingerprint density at radius 3 is 2.80 bits per heavy atom. The molecule has 0 saturated heterocycles. The number of hydrogen-bond acceptors (Lipinski definition) is 4. The minimum Gasteiger partial charge on any atom is -0.321 e. The van der Waals surface area contributed by atoms with E-state index >= 15 is 0 Å². The molecule has 0 bridgehead atoms. The summed E-state index contributed by atoms with van der Waals surface area (Å²) in [6.45, 7) is 0.610. The molecule has 5 nitrogen and oxygen atoms in total. The first-order valence-corrected chi connectivity index (χ1v) is 6.33. The van der Waals surface area contributed by atoms with Gasteiger partial charge in [0.15, 0.2) is 0 Å². The molecule has 0 aliphatic carbocycles. The summed E-state index contributed by atoms with van der Waals surface area (Å²) in [6, 6.07) is 15.5. The third-order valence-electron chi connectivity index (χ3n) is 3.00. The van der Waals surface area contributed by atoms with Crippen molar-refractivity contribution < 1.29 is 0 Å². The maximum Gasteiger partial charge on any atom is 0.258 e. The van der Waals surface area contributed by atoms with Crippen LogP contribution in [-0.4, -0.2) is 9.97 Å². The Morgan fingerprint density at radius 2 is 1.95 bits per heavy atom. The lowest BCUT2D eigenvalue weighted by Gasteiger charge is -2.08. The highest BCUT2D eigenvalue weighted by atomic mass is 16.1. The standard InChI is InChI=1S/C15H14N4O/c20-15-13-8-11(6-7-14(13)16-10-17-15)9-18-19-12-4-2-1-3-5-12/h1-8,10,18-19H,9H2,(H,16,17,20). The van der Waals surface area contributed by atoms with Crippen LogP contribution in [0.4, 0.5) is 5.69 Å². The molecule has 0 spiro atoms. The van der Waals surface area contributed by atoms with Gasteiger partial charge in [-0.3, -0.25) is 4.79 Å². The molecule has 2 aromatic carbocycles. The highest BCUT2D eigenvalue weighted by Gasteiger charge is 2.01. The number of anilines is 1. The van der Waals surface area contributed by atoms with Gasteiger partial charge in [-0.15, -0.1) is 0 Å². The maximum absolute atomic E-state index is 11.7. The fraction of sp³-hybridized carbons (Fsp3) is 0.0667. The smallest absolute Gasteiger partial charge is 0.258 e. The number of fused-ring (bicyclic) bond motifs is 1. The summed E-state index contributed by atoms with van der Waals surface area (Å²) in [5.74, 6) is 0. The first-order chi connectivity index (χ1) is 9.83. The van der Waals surface area contributed by atoms with Crippen LogP contribution < -0.4 is 16.4 Å². The van der Waals surface area contributed by atoms with Gasteiger partial charge in [0.2, 0.25) is 0 Å². The first kappa shape index (κ1) is 12.4. The van der Waals surface area contributed by atoms with E-state index < -0.39 is 0 Å². The maximum atomic E-state index is 11.7. The second kappa shape index (κ2) is 5.54. The molecule has 0 aliphatic rings. The Labute approximate surface area is 115 Å². The molecular weight excluding hydrogens is 252 g/mol. The topological polar surface area (TPSA) is 69.8 Å². The number of nitrogens with one attached hydrogen (secondary N) is 3. The normalized spacial score (nSPS) is 10.6. The van der Waals surface area contributed by atoms with E-state index in [1.807, 2.05) is 48.5 Å². The van der Waals surface area contributed by atoms with E-state index in [1.165, 1.54) is 6.33 Å². The third kappa shape index (κ3) is 2.67. The highest BCUT2D eigenvalue weighted by molar-refractivity contribution is 5.77. The molecular formula is C15H14N4O. The van der Waals surface area contributed by atoms with Gasteiger partial charge >= 0.3 is 0 Å². The van der Waals surface area contributed by atoms with E-state index in [1.54, 1.807) is 0 Å². The zero-order chi connectivity index (χ0) is 13.8. The number of nitrogens with zero attached hydrogens (tertiary/aromatic N) is 1. The van der Waals surface area contributed by atoms with Crippen molar-refractivity contribution in [3.8, 4) is 0 Å². The number of hydrazine groups is 1. The van der Waals surface area contributed by atoms with Crippen molar-refractivity contribution in [2.75, 3.05) is 5.43 Å². The molecule has 1 aromatic heterocycles. The van der Waals surface area contributed by atoms with Crippen LogP contribution in [0.25, 0.3) is 10.9 Å². The Bertz CT molecular complexity index is 767. The van der Waals surface area contributed by atoms with Crippen molar-refractivity contribution in [1.29, 1.82) is 0 Å². The van der Waals surface area contributed by atoms with Crippen LogP contribution in [0.15, 0.2) is 59.7 Å². The average Bonchev–Trinajstić information content (AvgIpc) is 2.49. The third-order valence-corrected chi connectivity index (χ3v) is 3.00. The van der Waals surface area contributed by atoms with Crippen LogP contribution in [0.1, 0.15) is 5.56 Å². The monoisotopic (exact) mass is 266 g/mol. The van der Waals surface area contributed by atoms with Crippen molar-refractivity contribution in [2.45, 2.75) is 6.54 Å². The van der Waals surface area contributed by atoms with Crippen LogP contribution >= 0.6 is 0 Å². The van der Waals surface area contributed by atoms with E-state index in [9.17, 15) is 4.79 Å². The number of H-pyrrole nitrogens is 1. The van der Waals surface area contributed by atoms with Crippen molar-refractivity contribution in [2.24, 2.45) is 0 Å². The van der Waals surface area contributed by atoms with Crippen molar-refractivity contribution >= 4 is 16.6 Å². The van der Waals surface area contributed by atoms with E-state index in [0.29, 0.717) is 17.4 Å². The molecule has 0 atom stereocenters. The van der Waals surface area contributed by atoms with E-state index in [2.05, 4.69) is 20.8 Å². The quantitative estimate of drug-likeness (QED) is 0.632. The van der Waals surface area contributed by atoms with Gasteiger partial charge in [0.25, 0.3) is 5.56 Å². The predicted molar refractivity (Wildman–Crippen MR) is 79.3 cm³/mol. The van der Waals surface area contributed by atoms with Crippen molar-refractivity contribution in [3.63, 3.8) is 0 Å². The lowest BCUT2D eigenvalue weighted by molar-refractivity contribution is 0.802. The van der Waals surface area contributed by atoms with Gasteiger partial charge in [-0.05, 0) is 29.8 Å². The Kier molecular flexibility index (Phi) is 3.43.